The van der Waals surface area contributed by atoms with Crippen LogP contribution >= 0.6 is 11.8 Å². The lowest BCUT2D eigenvalue weighted by Crippen LogP contribution is -2.25. The number of hydrogen-bond donors (Lipinski definition) is 3. The van der Waals surface area contributed by atoms with Gasteiger partial charge in [-0.1, -0.05) is 6.07 Å². The summed E-state index contributed by atoms with van der Waals surface area (Å²) in [5.74, 6) is 3.13. The minimum atomic E-state index is -3.74. The van der Waals surface area contributed by atoms with Crippen LogP contribution in [0, 0.1) is 6.92 Å². The predicted octanol–water partition coefficient (Wildman–Crippen LogP) is 2.17. The number of anilines is 2. The molecule has 1 aliphatic rings. The van der Waals surface area contributed by atoms with Crippen molar-refractivity contribution in [2.45, 2.75) is 36.3 Å². The summed E-state index contributed by atoms with van der Waals surface area (Å²) in [5.41, 5.74) is 4.01. The predicted molar refractivity (Wildman–Crippen MR) is 129 cm³/mol. The number of sulfonamides is 1. The van der Waals surface area contributed by atoms with Gasteiger partial charge in [0.1, 0.15) is 5.82 Å². The van der Waals surface area contributed by atoms with Gasteiger partial charge in [-0.15, -0.1) is 0 Å². The quantitative estimate of drug-likeness (QED) is 0.392. The van der Waals surface area contributed by atoms with Crippen LogP contribution < -0.4 is 15.8 Å². The van der Waals surface area contributed by atoms with Gasteiger partial charge in [0, 0.05) is 43.8 Å². The van der Waals surface area contributed by atoms with Crippen molar-refractivity contribution in [1.82, 2.24) is 14.9 Å². The molecule has 11 heteroatoms. The van der Waals surface area contributed by atoms with Crippen molar-refractivity contribution in [3.8, 4) is 0 Å². The number of primary sulfonamides is 1. The average molecular weight is 481 g/mol. The zero-order chi connectivity index (χ0) is 23.1. The molecule has 0 bridgehead atoms. The van der Waals surface area contributed by atoms with Crippen molar-refractivity contribution in [2.24, 2.45) is 5.14 Å². The molecule has 9 nitrogen and oxygen atoms in total. The van der Waals surface area contributed by atoms with Crippen LogP contribution in [0.5, 0.6) is 0 Å². The molecule has 1 aliphatic heterocycles. The van der Waals surface area contributed by atoms with Gasteiger partial charge in [0.25, 0.3) is 0 Å². The first-order chi connectivity index (χ1) is 15.3. The van der Waals surface area contributed by atoms with E-state index in [0.717, 1.165) is 72.4 Å². The zero-order valence-electron chi connectivity index (χ0n) is 18.8. The lowest BCUT2D eigenvalue weighted by atomic mass is 10.1. The monoisotopic (exact) mass is 480 g/mol. The van der Waals surface area contributed by atoms with E-state index < -0.39 is 10.0 Å². The number of aryl methyl sites for hydroxylation is 1. The highest BCUT2D eigenvalue weighted by Crippen LogP contribution is 2.34. The molecular weight excluding hydrogens is 448 g/mol. The third-order valence-corrected chi connectivity index (χ3v) is 7.23. The molecule has 4 N–H and O–H groups in total. The Morgan fingerprint density at radius 1 is 1.22 bits per heavy atom. The third-order valence-electron chi connectivity index (χ3n) is 5.35. The van der Waals surface area contributed by atoms with Crippen molar-refractivity contribution in [3.63, 3.8) is 0 Å². The van der Waals surface area contributed by atoms with Gasteiger partial charge >= 0.3 is 0 Å². The second-order valence-electron chi connectivity index (χ2n) is 7.88. The van der Waals surface area contributed by atoms with Crippen molar-refractivity contribution < 1.29 is 13.2 Å². The Hall–Kier alpha value is -1.92. The SMILES string of the molecule is COCCN(C)CCCNc1nc2c(c(NCc3cc(S(N)(=O)=O)ccc3C)n1)CSC2. The van der Waals surface area contributed by atoms with Gasteiger partial charge in [0.2, 0.25) is 16.0 Å². The first kappa shape index (κ1) is 24.7. The number of nitrogens with zero attached hydrogens (tertiary/aromatic N) is 3. The molecule has 0 saturated carbocycles. The van der Waals surface area contributed by atoms with Crippen LogP contribution in [-0.2, 0) is 32.8 Å². The number of fused-ring (bicyclic) bond motifs is 1. The molecule has 2 aromatic rings. The van der Waals surface area contributed by atoms with Gasteiger partial charge in [-0.3, -0.25) is 0 Å². The number of nitrogens with one attached hydrogen (secondary N) is 2. The number of rotatable bonds is 12. The molecule has 2 heterocycles. The molecule has 0 spiro atoms. The maximum absolute atomic E-state index is 11.7. The van der Waals surface area contributed by atoms with E-state index in [1.54, 1.807) is 19.2 Å². The number of likely N-dealkylation sites (N-methyl/N-ethyl adjacent to an activating group) is 1. The van der Waals surface area contributed by atoms with E-state index in [9.17, 15) is 8.42 Å². The number of aromatic nitrogens is 2. The largest absolute Gasteiger partial charge is 0.383 e. The normalized spacial score (nSPS) is 13.4. The molecule has 1 aromatic heterocycles. The summed E-state index contributed by atoms with van der Waals surface area (Å²) in [6, 6.07) is 4.92. The molecule has 176 valence electrons. The zero-order valence-corrected chi connectivity index (χ0v) is 20.5. The van der Waals surface area contributed by atoms with Gasteiger partial charge in [0.05, 0.1) is 17.2 Å². The summed E-state index contributed by atoms with van der Waals surface area (Å²) in [6.45, 7) is 5.77. The smallest absolute Gasteiger partial charge is 0.238 e. The molecule has 0 aliphatic carbocycles. The second-order valence-corrected chi connectivity index (χ2v) is 10.4. The van der Waals surface area contributed by atoms with Crippen LogP contribution in [0.3, 0.4) is 0 Å². The average Bonchev–Trinajstić information content (AvgIpc) is 3.22. The van der Waals surface area contributed by atoms with Crippen LogP contribution in [0.25, 0.3) is 0 Å². The fraction of sp³-hybridized carbons (Fsp3) is 0.524. The van der Waals surface area contributed by atoms with Crippen LogP contribution in [-0.4, -0.2) is 63.7 Å². The molecule has 0 atom stereocenters. The van der Waals surface area contributed by atoms with Gasteiger partial charge in [0.15, 0.2) is 0 Å². The standard InChI is InChI=1S/C21H32N6O3S2/c1-15-5-6-17(32(22,28)29)11-16(15)12-24-20-18-13-31-14-19(18)25-21(26-20)23-7-4-8-27(2)9-10-30-3/h5-6,11H,4,7-10,12-14H2,1-3H3,(H2,22,28,29)(H2,23,24,25,26). The van der Waals surface area contributed by atoms with Crippen LogP contribution in [0.15, 0.2) is 23.1 Å². The number of hydrogen-bond acceptors (Lipinski definition) is 9. The molecule has 3 rings (SSSR count). The summed E-state index contributed by atoms with van der Waals surface area (Å²) in [6.07, 6.45) is 0.970. The van der Waals surface area contributed by atoms with Crippen LogP contribution in [0.2, 0.25) is 0 Å². The first-order valence-electron chi connectivity index (χ1n) is 10.5. The second kappa shape index (κ2) is 11.3. The van der Waals surface area contributed by atoms with Crippen molar-refractivity contribution in [2.75, 3.05) is 51.0 Å². The topological polar surface area (TPSA) is 122 Å². The summed E-state index contributed by atoms with van der Waals surface area (Å²) < 4.78 is 28.5. The van der Waals surface area contributed by atoms with Gasteiger partial charge in [-0.25, -0.2) is 18.5 Å². The van der Waals surface area contributed by atoms with Gasteiger partial charge < -0.3 is 20.3 Å². The Balaban J connectivity index is 1.65. The van der Waals surface area contributed by atoms with E-state index in [1.807, 2.05) is 18.7 Å². The summed E-state index contributed by atoms with van der Waals surface area (Å²) in [7, 11) is 0.0485. The lowest BCUT2D eigenvalue weighted by Gasteiger charge is -2.16. The van der Waals surface area contributed by atoms with Gasteiger partial charge in [-0.2, -0.15) is 16.7 Å². The Morgan fingerprint density at radius 3 is 2.78 bits per heavy atom. The van der Waals surface area contributed by atoms with E-state index in [2.05, 4.69) is 27.6 Å². The van der Waals surface area contributed by atoms with Crippen LogP contribution in [0.1, 0.15) is 28.8 Å². The molecular formula is C21H32N6O3S2. The molecule has 0 amide bonds. The fourth-order valence-corrected chi connectivity index (χ4v) is 4.98. The Bertz CT molecular complexity index is 1030. The highest BCUT2D eigenvalue weighted by molar-refractivity contribution is 7.98. The Labute approximate surface area is 194 Å². The minimum Gasteiger partial charge on any atom is -0.383 e. The van der Waals surface area contributed by atoms with E-state index in [4.69, 9.17) is 14.9 Å². The van der Waals surface area contributed by atoms with Gasteiger partial charge in [-0.05, 0) is 50.2 Å². The summed E-state index contributed by atoms with van der Waals surface area (Å²) in [5, 5.41) is 12.0. The van der Waals surface area contributed by atoms with E-state index in [0.29, 0.717) is 12.5 Å². The summed E-state index contributed by atoms with van der Waals surface area (Å²) >= 11 is 1.81. The van der Waals surface area contributed by atoms with E-state index in [-0.39, 0.29) is 4.90 Å². The Morgan fingerprint density at radius 2 is 2.03 bits per heavy atom. The maximum atomic E-state index is 11.7. The molecule has 0 fully saturated rings. The fourth-order valence-electron chi connectivity index (χ4n) is 3.38. The highest BCUT2D eigenvalue weighted by Gasteiger charge is 2.20. The third kappa shape index (κ3) is 6.79. The van der Waals surface area contributed by atoms with Crippen molar-refractivity contribution >= 4 is 33.6 Å². The molecule has 0 unspecified atom stereocenters. The maximum Gasteiger partial charge on any atom is 0.238 e. The Kier molecular flexibility index (Phi) is 8.72. The molecule has 0 radical (unpaired) electrons. The number of ether oxygens (including phenoxy) is 1. The highest BCUT2D eigenvalue weighted by atomic mass is 32.2. The first-order valence-corrected chi connectivity index (χ1v) is 13.2. The minimum absolute atomic E-state index is 0.112. The van der Waals surface area contributed by atoms with E-state index >= 15 is 0 Å². The number of benzene rings is 1. The van der Waals surface area contributed by atoms with Crippen molar-refractivity contribution in [3.05, 3.63) is 40.6 Å². The van der Waals surface area contributed by atoms with Crippen LogP contribution in [0.4, 0.5) is 11.8 Å². The molecule has 32 heavy (non-hydrogen) atoms. The lowest BCUT2D eigenvalue weighted by molar-refractivity contribution is 0.161. The molecule has 1 aromatic carbocycles. The number of nitrogens with two attached hydrogens (primary N) is 1. The van der Waals surface area contributed by atoms with Crippen molar-refractivity contribution in [1.29, 1.82) is 0 Å². The number of thioether (sulfide) groups is 1. The molecule has 0 saturated heterocycles. The van der Waals surface area contributed by atoms with E-state index in [1.165, 1.54) is 6.07 Å². The number of methoxy groups -OCH3 is 1. The summed E-state index contributed by atoms with van der Waals surface area (Å²) in [4.78, 5) is 11.7.